The molecule has 1 aromatic carbocycles. The van der Waals surface area contributed by atoms with Crippen LogP contribution in [-0.4, -0.2) is 24.0 Å². The Morgan fingerprint density at radius 3 is 2.42 bits per heavy atom. The Morgan fingerprint density at radius 1 is 1.12 bits per heavy atom. The Labute approximate surface area is 154 Å². The molecule has 136 valence electrons. The van der Waals surface area contributed by atoms with Crippen molar-refractivity contribution in [3.8, 4) is 0 Å². The summed E-state index contributed by atoms with van der Waals surface area (Å²) in [6.07, 6.45) is 10.5. The van der Waals surface area contributed by atoms with E-state index in [0.717, 1.165) is 11.1 Å². The molecule has 0 spiro atoms. The lowest BCUT2D eigenvalue weighted by atomic mass is 9.69. The predicted octanol–water partition coefficient (Wildman–Crippen LogP) is 6.75. The highest BCUT2D eigenvalue weighted by atomic mass is 35.5. The van der Waals surface area contributed by atoms with Crippen molar-refractivity contribution in [2.75, 3.05) is 13.1 Å². The van der Waals surface area contributed by atoms with Crippen LogP contribution < -0.4 is 0 Å². The van der Waals surface area contributed by atoms with Gasteiger partial charge in [0.25, 0.3) is 0 Å². The van der Waals surface area contributed by atoms with Crippen molar-refractivity contribution < 1.29 is 0 Å². The molecule has 0 aliphatic carbocycles. The molecule has 0 saturated carbocycles. The van der Waals surface area contributed by atoms with Gasteiger partial charge in [-0.25, -0.2) is 0 Å². The molecule has 1 saturated heterocycles. The van der Waals surface area contributed by atoms with Gasteiger partial charge in [-0.1, -0.05) is 57.7 Å². The van der Waals surface area contributed by atoms with Gasteiger partial charge < -0.3 is 4.90 Å². The summed E-state index contributed by atoms with van der Waals surface area (Å²) in [5.41, 5.74) is 3.23. The van der Waals surface area contributed by atoms with Gasteiger partial charge in [0, 0.05) is 11.1 Å². The summed E-state index contributed by atoms with van der Waals surface area (Å²) in [5, 5.41) is 0.886. The molecule has 1 atom stereocenters. The van der Waals surface area contributed by atoms with E-state index in [4.69, 9.17) is 11.6 Å². The summed E-state index contributed by atoms with van der Waals surface area (Å²) >= 11 is 6.32. The summed E-state index contributed by atoms with van der Waals surface area (Å²) in [7, 11) is 0. The van der Waals surface area contributed by atoms with Crippen LogP contribution in [0.5, 0.6) is 0 Å². The van der Waals surface area contributed by atoms with Crippen molar-refractivity contribution >= 4 is 11.6 Å². The minimum Gasteiger partial charge on any atom is -0.300 e. The molecular weight excluding hydrogens is 314 g/mol. The first kappa shape index (κ1) is 19.8. The molecule has 1 aromatic rings. The van der Waals surface area contributed by atoms with Crippen LogP contribution in [0.25, 0.3) is 0 Å². The Hall–Kier alpha value is -0.530. The Bertz CT molecular complexity index is 503. The van der Waals surface area contributed by atoms with Crippen LogP contribution in [0.3, 0.4) is 0 Å². The van der Waals surface area contributed by atoms with Gasteiger partial charge in [0.2, 0.25) is 0 Å². The van der Waals surface area contributed by atoms with E-state index < -0.39 is 0 Å². The first-order valence-electron chi connectivity index (χ1n) is 10.1. The Kier molecular flexibility index (Phi) is 7.62. The van der Waals surface area contributed by atoms with E-state index in [-0.39, 0.29) is 0 Å². The Morgan fingerprint density at radius 2 is 1.83 bits per heavy atom. The Balaban J connectivity index is 2.06. The molecular formula is C22H36ClN. The van der Waals surface area contributed by atoms with Gasteiger partial charge in [-0.05, 0) is 80.8 Å². The topological polar surface area (TPSA) is 3.24 Å². The number of unbranched alkanes of at least 4 members (excludes halogenated alkanes) is 2. The zero-order chi connectivity index (χ0) is 17.6. The molecule has 1 heterocycles. The second kappa shape index (κ2) is 9.25. The maximum Gasteiger partial charge on any atom is 0.0409 e. The average Bonchev–Trinajstić information content (AvgIpc) is 2.61. The molecule has 0 amide bonds. The van der Waals surface area contributed by atoms with Gasteiger partial charge in [-0.15, -0.1) is 0 Å². The van der Waals surface area contributed by atoms with Crippen LogP contribution in [0.1, 0.15) is 83.3 Å². The summed E-state index contributed by atoms with van der Waals surface area (Å²) in [5.74, 6) is 0. The molecule has 0 aromatic heterocycles. The second-order valence-electron chi connectivity index (χ2n) is 7.69. The van der Waals surface area contributed by atoms with Crippen molar-refractivity contribution in [3.63, 3.8) is 0 Å². The third-order valence-electron chi connectivity index (χ3n) is 6.33. The monoisotopic (exact) mass is 349 g/mol. The van der Waals surface area contributed by atoms with E-state index in [2.05, 4.69) is 44.7 Å². The smallest absolute Gasteiger partial charge is 0.0409 e. The fourth-order valence-corrected chi connectivity index (χ4v) is 4.74. The standard InChI is InChI=1S/C22H36ClN/c1-5-8-9-10-20(6-2)24-15-13-22(7-3,14-16-24)21-17-19(23)12-11-18(21)4/h11-12,17,20H,5-10,13-16H2,1-4H3. The zero-order valence-electron chi connectivity index (χ0n) is 16.2. The second-order valence-corrected chi connectivity index (χ2v) is 8.12. The first-order chi connectivity index (χ1) is 11.6. The number of nitrogens with zero attached hydrogens (tertiary/aromatic N) is 1. The van der Waals surface area contributed by atoms with E-state index in [1.54, 1.807) is 0 Å². The molecule has 2 heteroatoms. The van der Waals surface area contributed by atoms with Crippen molar-refractivity contribution in [3.05, 3.63) is 34.3 Å². The number of benzene rings is 1. The molecule has 1 aliphatic rings. The van der Waals surface area contributed by atoms with Gasteiger partial charge in [-0.2, -0.15) is 0 Å². The van der Waals surface area contributed by atoms with E-state index in [9.17, 15) is 0 Å². The van der Waals surface area contributed by atoms with Gasteiger partial charge in [-0.3, -0.25) is 0 Å². The molecule has 1 unspecified atom stereocenters. The molecule has 1 fully saturated rings. The van der Waals surface area contributed by atoms with Crippen LogP contribution in [0, 0.1) is 6.92 Å². The summed E-state index contributed by atoms with van der Waals surface area (Å²) in [4.78, 5) is 2.77. The number of aryl methyl sites for hydroxylation is 1. The fourth-order valence-electron chi connectivity index (χ4n) is 4.57. The average molecular weight is 350 g/mol. The minimum atomic E-state index is 0.327. The fraction of sp³-hybridized carbons (Fsp3) is 0.727. The van der Waals surface area contributed by atoms with Crippen molar-refractivity contribution in [1.29, 1.82) is 0 Å². The van der Waals surface area contributed by atoms with Gasteiger partial charge in [0.15, 0.2) is 0 Å². The SMILES string of the molecule is CCCCCC(CC)N1CCC(CC)(c2cc(Cl)ccc2C)CC1. The van der Waals surface area contributed by atoms with E-state index >= 15 is 0 Å². The molecule has 0 bridgehead atoms. The highest BCUT2D eigenvalue weighted by Gasteiger charge is 2.37. The first-order valence-corrected chi connectivity index (χ1v) is 10.4. The van der Waals surface area contributed by atoms with Crippen LogP contribution >= 0.6 is 11.6 Å². The van der Waals surface area contributed by atoms with E-state index in [1.165, 1.54) is 75.6 Å². The largest absolute Gasteiger partial charge is 0.300 e. The van der Waals surface area contributed by atoms with Crippen molar-refractivity contribution in [1.82, 2.24) is 4.90 Å². The maximum absolute atomic E-state index is 6.32. The predicted molar refractivity (Wildman–Crippen MR) is 107 cm³/mol. The lowest BCUT2D eigenvalue weighted by molar-refractivity contribution is 0.102. The number of likely N-dealkylation sites (tertiary alicyclic amines) is 1. The molecule has 2 rings (SSSR count). The molecule has 24 heavy (non-hydrogen) atoms. The normalized spacial score (nSPS) is 19.4. The summed E-state index contributed by atoms with van der Waals surface area (Å²) in [6.45, 7) is 11.7. The number of hydrogen-bond acceptors (Lipinski definition) is 1. The molecule has 0 N–H and O–H groups in total. The van der Waals surface area contributed by atoms with E-state index in [0.29, 0.717) is 5.41 Å². The van der Waals surface area contributed by atoms with Crippen molar-refractivity contribution in [2.45, 2.75) is 90.5 Å². The third kappa shape index (κ3) is 4.55. The summed E-state index contributed by atoms with van der Waals surface area (Å²) in [6, 6.07) is 7.24. The van der Waals surface area contributed by atoms with Crippen molar-refractivity contribution in [2.24, 2.45) is 0 Å². The highest BCUT2D eigenvalue weighted by molar-refractivity contribution is 6.30. The van der Waals surface area contributed by atoms with Crippen LogP contribution in [-0.2, 0) is 5.41 Å². The third-order valence-corrected chi connectivity index (χ3v) is 6.57. The lowest BCUT2D eigenvalue weighted by Gasteiger charge is -2.45. The lowest BCUT2D eigenvalue weighted by Crippen LogP contribution is -2.46. The van der Waals surface area contributed by atoms with Crippen LogP contribution in [0.2, 0.25) is 5.02 Å². The van der Waals surface area contributed by atoms with Gasteiger partial charge in [0.1, 0.15) is 0 Å². The maximum atomic E-state index is 6.32. The van der Waals surface area contributed by atoms with Gasteiger partial charge in [0.05, 0.1) is 0 Å². The van der Waals surface area contributed by atoms with E-state index in [1.807, 2.05) is 6.07 Å². The molecule has 1 nitrogen and oxygen atoms in total. The number of rotatable bonds is 8. The quantitative estimate of drug-likeness (QED) is 0.469. The minimum absolute atomic E-state index is 0.327. The number of halogens is 1. The van der Waals surface area contributed by atoms with Crippen LogP contribution in [0.4, 0.5) is 0 Å². The summed E-state index contributed by atoms with van der Waals surface area (Å²) < 4.78 is 0. The molecule has 0 radical (unpaired) electrons. The molecule has 1 aliphatic heterocycles. The van der Waals surface area contributed by atoms with Gasteiger partial charge >= 0.3 is 0 Å². The highest BCUT2D eigenvalue weighted by Crippen LogP contribution is 2.41. The number of hydrogen-bond donors (Lipinski definition) is 0. The zero-order valence-corrected chi connectivity index (χ0v) is 17.0. The van der Waals surface area contributed by atoms with Crippen LogP contribution in [0.15, 0.2) is 18.2 Å². The number of piperidine rings is 1.